The van der Waals surface area contributed by atoms with Crippen LogP contribution in [-0.2, 0) is 11.2 Å². The number of nitrogens with one attached hydrogen (secondary N) is 2. The standard InChI is InChI=1S/C21H23N5O/c1-15-5-4-6-16(13-15)14-21(27)23-20-12-11-19(24-25-20)22-17-7-9-18(10-8-17)26(2)3/h4-13H,14H2,1-3H3,(H,22,24)(H,23,25,27). The number of benzene rings is 2. The van der Waals surface area contributed by atoms with Gasteiger partial charge in [-0.3, -0.25) is 4.79 Å². The van der Waals surface area contributed by atoms with Gasteiger partial charge >= 0.3 is 0 Å². The maximum Gasteiger partial charge on any atom is 0.229 e. The van der Waals surface area contributed by atoms with Crippen molar-refractivity contribution in [3.05, 3.63) is 71.8 Å². The molecule has 0 atom stereocenters. The van der Waals surface area contributed by atoms with Gasteiger partial charge in [0.05, 0.1) is 6.42 Å². The molecule has 0 radical (unpaired) electrons. The first-order chi connectivity index (χ1) is 13.0. The van der Waals surface area contributed by atoms with Crippen LogP contribution in [-0.4, -0.2) is 30.2 Å². The second-order valence-corrected chi connectivity index (χ2v) is 6.58. The maximum atomic E-state index is 12.2. The van der Waals surface area contributed by atoms with Gasteiger partial charge in [0, 0.05) is 25.5 Å². The summed E-state index contributed by atoms with van der Waals surface area (Å²) in [5.74, 6) is 0.931. The third-order valence-electron chi connectivity index (χ3n) is 4.04. The predicted octanol–water partition coefficient (Wildman–Crippen LogP) is 3.78. The maximum absolute atomic E-state index is 12.2. The van der Waals surface area contributed by atoms with Gasteiger partial charge in [0.2, 0.25) is 5.91 Å². The number of rotatable bonds is 6. The highest BCUT2D eigenvalue weighted by Crippen LogP contribution is 2.19. The first-order valence-corrected chi connectivity index (χ1v) is 8.73. The van der Waals surface area contributed by atoms with Crippen LogP contribution in [0, 0.1) is 6.92 Å². The van der Waals surface area contributed by atoms with Gasteiger partial charge in [-0.15, -0.1) is 10.2 Å². The summed E-state index contributed by atoms with van der Waals surface area (Å²) in [4.78, 5) is 14.2. The van der Waals surface area contributed by atoms with Gasteiger partial charge in [0.25, 0.3) is 0 Å². The molecule has 3 rings (SSSR count). The van der Waals surface area contributed by atoms with E-state index in [1.54, 1.807) is 12.1 Å². The van der Waals surface area contributed by atoms with Crippen molar-refractivity contribution in [1.82, 2.24) is 10.2 Å². The van der Waals surface area contributed by atoms with E-state index in [4.69, 9.17) is 0 Å². The highest BCUT2D eigenvalue weighted by atomic mass is 16.1. The van der Waals surface area contributed by atoms with E-state index in [0.717, 1.165) is 22.5 Å². The molecule has 0 bridgehead atoms. The minimum atomic E-state index is -0.116. The van der Waals surface area contributed by atoms with Crippen LogP contribution in [0.5, 0.6) is 0 Å². The fourth-order valence-electron chi connectivity index (χ4n) is 2.65. The summed E-state index contributed by atoms with van der Waals surface area (Å²) in [5, 5.41) is 14.2. The van der Waals surface area contributed by atoms with Crippen molar-refractivity contribution in [1.29, 1.82) is 0 Å². The van der Waals surface area contributed by atoms with Gasteiger partial charge < -0.3 is 15.5 Å². The summed E-state index contributed by atoms with van der Waals surface area (Å²) in [6.45, 7) is 2.01. The van der Waals surface area contributed by atoms with Crippen molar-refractivity contribution in [2.75, 3.05) is 29.6 Å². The van der Waals surface area contributed by atoms with Crippen LogP contribution in [0.25, 0.3) is 0 Å². The molecule has 6 nitrogen and oxygen atoms in total. The highest BCUT2D eigenvalue weighted by molar-refractivity contribution is 5.91. The Balaban J connectivity index is 1.57. The summed E-state index contributed by atoms with van der Waals surface area (Å²) >= 11 is 0. The van der Waals surface area contributed by atoms with E-state index in [0.29, 0.717) is 18.1 Å². The number of hydrogen-bond acceptors (Lipinski definition) is 5. The summed E-state index contributed by atoms with van der Waals surface area (Å²) in [5.41, 5.74) is 4.15. The van der Waals surface area contributed by atoms with Gasteiger partial charge in [-0.25, -0.2) is 0 Å². The number of carbonyl (C=O) groups excluding carboxylic acids is 1. The van der Waals surface area contributed by atoms with Crippen molar-refractivity contribution in [3.63, 3.8) is 0 Å². The van der Waals surface area contributed by atoms with Gasteiger partial charge in [-0.05, 0) is 48.9 Å². The summed E-state index contributed by atoms with van der Waals surface area (Å²) in [6.07, 6.45) is 0.307. The molecular formula is C21H23N5O. The number of hydrogen-bond donors (Lipinski definition) is 2. The lowest BCUT2D eigenvalue weighted by atomic mass is 10.1. The fraction of sp³-hybridized carbons (Fsp3) is 0.190. The molecule has 0 saturated heterocycles. The molecular weight excluding hydrogens is 338 g/mol. The average Bonchev–Trinajstić information content (AvgIpc) is 2.64. The van der Waals surface area contributed by atoms with Crippen LogP contribution in [0.1, 0.15) is 11.1 Å². The van der Waals surface area contributed by atoms with Crippen LogP contribution >= 0.6 is 0 Å². The molecule has 27 heavy (non-hydrogen) atoms. The van der Waals surface area contributed by atoms with Crippen LogP contribution in [0.15, 0.2) is 60.7 Å². The minimum absolute atomic E-state index is 0.116. The summed E-state index contributed by atoms with van der Waals surface area (Å²) < 4.78 is 0. The molecule has 0 aliphatic rings. The Labute approximate surface area is 159 Å². The summed E-state index contributed by atoms with van der Waals surface area (Å²) in [6, 6.07) is 19.4. The first-order valence-electron chi connectivity index (χ1n) is 8.73. The first kappa shape index (κ1) is 18.4. The third kappa shape index (κ3) is 5.28. The Morgan fingerprint density at radius 3 is 2.30 bits per heavy atom. The lowest BCUT2D eigenvalue weighted by Gasteiger charge is -2.13. The van der Waals surface area contributed by atoms with Crippen molar-refractivity contribution < 1.29 is 4.79 Å². The molecule has 0 saturated carbocycles. The predicted molar refractivity (Wildman–Crippen MR) is 110 cm³/mol. The Morgan fingerprint density at radius 2 is 1.67 bits per heavy atom. The number of carbonyl (C=O) groups is 1. The van der Waals surface area contributed by atoms with Crippen LogP contribution < -0.4 is 15.5 Å². The van der Waals surface area contributed by atoms with Gasteiger partial charge in [-0.2, -0.15) is 0 Å². The van der Waals surface area contributed by atoms with E-state index >= 15 is 0 Å². The highest BCUT2D eigenvalue weighted by Gasteiger charge is 2.06. The normalized spacial score (nSPS) is 10.3. The Bertz CT molecular complexity index is 905. The molecule has 1 amide bonds. The second kappa shape index (κ2) is 8.31. The molecule has 1 aromatic heterocycles. The fourth-order valence-corrected chi connectivity index (χ4v) is 2.65. The number of nitrogens with zero attached hydrogens (tertiary/aromatic N) is 3. The van der Waals surface area contributed by atoms with Crippen molar-refractivity contribution >= 4 is 28.9 Å². The van der Waals surface area contributed by atoms with Crippen molar-refractivity contribution in [2.45, 2.75) is 13.3 Å². The van der Waals surface area contributed by atoms with Gasteiger partial charge in [0.15, 0.2) is 11.6 Å². The van der Waals surface area contributed by atoms with Gasteiger partial charge in [0.1, 0.15) is 0 Å². The molecule has 0 fully saturated rings. The van der Waals surface area contributed by atoms with E-state index in [2.05, 4.69) is 20.8 Å². The quantitative estimate of drug-likeness (QED) is 0.699. The van der Waals surface area contributed by atoms with Crippen LogP contribution in [0.2, 0.25) is 0 Å². The van der Waals surface area contributed by atoms with E-state index in [9.17, 15) is 4.79 Å². The average molecular weight is 361 g/mol. The Morgan fingerprint density at radius 1 is 0.963 bits per heavy atom. The SMILES string of the molecule is Cc1cccc(CC(=O)Nc2ccc(Nc3ccc(N(C)C)cc3)nn2)c1. The summed E-state index contributed by atoms with van der Waals surface area (Å²) in [7, 11) is 4.00. The molecule has 0 unspecified atom stereocenters. The molecule has 2 N–H and O–H groups in total. The monoisotopic (exact) mass is 361 g/mol. The van der Waals surface area contributed by atoms with Crippen LogP contribution in [0.4, 0.5) is 23.0 Å². The largest absolute Gasteiger partial charge is 0.378 e. The lowest BCUT2D eigenvalue weighted by Crippen LogP contribution is -2.15. The Hall–Kier alpha value is -3.41. The molecule has 1 heterocycles. The molecule has 6 heteroatoms. The molecule has 2 aromatic carbocycles. The molecule has 0 aliphatic carbocycles. The second-order valence-electron chi connectivity index (χ2n) is 6.58. The molecule has 0 aliphatic heterocycles. The van der Waals surface area contributed by atoms with Gasteiger partial charge in [-0.1, -0.05) is 29.8 Å². The Kier molecular flexibility index (Phi) is 5.66. The lowest BCUT2D eigenvalue weighted by molar-refractivity contribution is -0.115. The van der Waals surface area contributed by atoms with E-state index in [1.807, 2.05) is 74.4 Å². The van der Waals surface area contributed by atoms with Crippen molar-refractivity contribution in [3.8, 4) is 0 Å². The van der Waals surface area contributed by atoms with E-state index in [-0.39, 0.29) is 5.91 Å². The zero-order valence-corrected chi connectivity index (χ0v) is 15.7. The van der Waals surface area contributed by atoms with Crippen LogP contribution in [0.3, 0.4) is 0 Å². The topological polar surface area (TPSA) is 70.2 Å². The number of aromatic nitrogens is 2. The zero-order valence-electron chi connectivity index (χ0n) is 15.7. The smallest absolute Gasteiger partial charge is 0.229 e. The molecule has 138 valence electrons. The minimum Gasteiger partial charge on any atom is -0.378 e. The number of aryl methyl sites for hydroxylation is 1. The van der Waals surface area contributed by atoms with E-state index < -0.39 is 0 Å². The third-order valence-corrected chi connectivity index (χ3v) is 4.04. The van der Waals surface area contributed by atoms with E-state index in [1.165, 1.54) is 0 Å². The number of amides is 1. The zero-order chi connectivity index (χ0) is 19.2. The van der Waals surface area contributed by atoms with Crippen molar-refractivity contribution in [2.24, 2.45) is 0 Å². The molecule has 0 spiro atoms. The number of anilines is 4. The molecule has 3 aromatic rings.